The van der Waals surface area contributed by atoms with Crippen molar-refractivity contribution in [2.24, 2.45) is 0 Å². The molecule has 1 fully saturated rings. The number of benzene rings is 1. The molecule has 0 spiro atoms. The van der Waals surface area contributed by atoms with E-state index in [1.54, 1.807) is 0 Å². The molecule has 0 aromatic heterocycles. The third-order valence-electron chi connectivity index (χ3n) is 6.13. The summed E-state index contributed by atoms with van der Waals surface area (Å²) in [5.41, 5.74) is -3.56. The van der Waals surface area contributed by atoms with Crippen molar-refractivity contribution in [3.63, 3.8) is 0 Å². The fourth-order valence-electron chi connectivity index (χ4n) is 3.30. The quantitative estimate of drug-likeness (QED) is 0.0662. The molecule has 1 aliphatic carbocycles. The molecule has 27 heteroatoms. The second-order valence-corrected chi connectivity index (χ2v) is 10.2. The molecule has 0 heterocycles. The van der Waals surface area contributed by atoms with Crippen molar-refractivity contribution in [1.82, 2.24) is 0 Å². The molecule has 1 aromatic rings. The van der Waals surface area contributed by atoms with E-state index in [4.69, 9.17) is 20.4 Å². The van der Waals surface area contributed by atoms with Gasteiger partial charge in [0.2, 0.25) is 11.9 Å². The second kappa shape index (κ2) is 17.6. The van der Waals surface area contributed by atoms with Crippen molar-refractivity contribution in [3.8, 4) is 0 Å². The highest BCUT2D eigenvalue weighted by molar-refractivity contribution is 5.93. The topological polar surface area (TPSA) is 202 Å². The molecule has 55 heavy (non-hydrogen) atoms. The molecule has 1 aromatic carbocycles. The van der Waals surface area contributed by atoms with Gasteiger partial charge in [-0.2, -0.15) is 43.9 Å². The Kier molecular flexibility index (Phi) is 15.7. The van der Waals surface area contributed by atoms with Gasteiger partial charge in [0.05, 0.1) is 24.8 Å². The van der Waals surface area contributed by atoms with Crippen LogP contribution in [-0.2, 0) is 44.8 Å². The van der Waals surface area contributed by atoms with Crippen LogP contribution in [0.25, 0.3) is 0 Å². The number of ether oxygens (including phenoxy) is 2. The molecule has 0 atom stereocenters. The van der Waals surface area contributed by atoms with E-state index in [9.17, 15) is 94.6 Å². The van der Waals surface area contributed by atoms with E-state index in [0.29, 0.717) is 0 Å². The predicted molar refractivity (Wildman–Crippen MR) is 142 cm³/mol. The van der Waals surface area contributed by atoms with Crippen molar-refractivity contribution in [2.75, 3.05) is 0 Å². The maximum absolute atomic E-state index is 13.4. The smallest absolute Gasteiger partial charge is 0.384 e. The number of carboxylic acids is 4. The summed E-state index contributed by atoms with van der Waals surface area (Å²) in [5, 5.41) is 32.7. The number of carbonyl (C=O) groups excluding carboxylic acids is 2. The van der Waals surface area contributed by atoms with Gasteiger partial charge in [0.1, 0.15) is 6.61 Å². The number of hydrogen-bond acceptors (Lipinski definition) is 8. The lowest BCUT2D eigenvalue weighted by molar-refractivity contribution is -0.468. The highest BCUT2D eigenvalue weighted by Crippen LogP contribution is 2.65. The number of halogens is 15. The lowest BCUT2D eigenvalue weighted by atomic mass is 9.80. The van der Waals surface area contributed by atoms with Crippen LogP contribution in [0.5, 0.6) is 0 Å². The monoisotopic (exact) mass is 832 g/mol. The van der Waals surface area contributed by atoms with E-state index in [1.807, 2.05) is 0 Å². The van der Waals surface area contributed by atoms with Crippen molar-refractivity contribution < 1.29 is 125 Å². The minimum atomic E-state index is -7.19. The van der Waals surface area contributed by atoms with Crippen LogP contribution < -0.4 is 0 Å². The number of aliphatic carboxylic acids is 4. The van der Waals surface area contributed by atoms with Crippen LogP contribution in [0, 0.1) is 29.1 Å². The molecule has 1 aliphatic rings. The normalized spacial score (nSPS) is 17.1. The van der Waals surface area contributed by atoms with Crippen molar-refractivity contribution in [3.05, 3.63) is 71.1 Å². The van der Waals surface area contributed by atoms with Gasteiger partial charge in [-0.1, -0.05) is 19.7 Å². The van der Waals surface area contributed by atoms with E-state index in [0.717, 1.165) is 0 Å². The fraction of sp³-hybridized carbons (Fsp3) is 0.357. The molecular formula is C28H19F15O12. The van der Waals surface area contributed by atoms with Gasteiger partial charge in [-0.3, -0.25) is 14.4 Å². The lowest BCUT2D eigenvalue weighted by Gasteiger charge is -2.48. The summed E-state index contributed by atoms with van der Waals surface area (Å²) in [7, 11) is 0. The summed E-state index contributed by atoms with van der Waals surface area (Å²) >= 11 is 0. The minimum Gasteiger partial charge on any atom is -0.481 e. The van der Waals surface area contributed by atoms with Gasteiger partial charge >= 0.3 is 65.4 Å². The van der Waals surface area contributed by atoms with Crippen LogP contribution in [0.4, 0.5) is 65.9 Å². The van der Waals surface area contributed by atoms with Crippen LogP contribution in [0.3, 0.4) is 0 Å². The average molecular weight is 832 g/mol. The first-order valence-corrected chi connectivity index (χ1v) is 13.2. The van der Waals surface area contributed by atoms with Crippen LogP contribution in [0.2, 0.25) is 0 Å². The molecule has 1 saturated carbocycles. The van der Waals surface area contributed by atoms with Crippen LogP contribution in [-0.4, -0.2) is 92.0 Å². The largest absolute Gasteiger partial charge is 0.481 e. The number of carbonyl (C=O) groups is 6. The first-order valence-electron chi connectivity index (χ1n) is 13.2. The molecular weight excluding hydrogens is 813 g/mol. The molecule has 0 saturated heterocycles. The first kappa shape index (κ1) is 49.2. The number of alkyl halides is 10. The van der Waals surface area contributed by atoms with Gasteiger partial charge in [0.25, 0.3) is 0 Å². The molecule has 0 amide bonds. The van der Waals surface area contributed by atoms with E-state index in [-0.39, 0.29) is 5.57 Å². The molecule has 0 radical (unpaired) electrons. The van der Waals surface area contributed by atoms with Gasteiger partial charge < -0.3 is 29.9 Å². The third-order valence-corrected chi connectivity index (χ3v) is 6.13. The molecule has 0 unspecified atom stereocenters. The molecule has 0 bridgehead atoms. The van der Waals surface area contributed by atoms with Crippen molar-refractivity contribution in [2.45, 2.75) is 61.6 Å². The van der Waals surface area contributed by atoms with Crippen LogP contribution in [0.1, 0.15) is 24.8 Å². The summed E-state index contributed by atoms with van der Waals surface area (Å²) in [6.07, 6.45) is -7.72. The van der Waals surface area contributed by atoms with Gasteiger partial charge in [-0.25, -0.2) is 36.3 Å². The van der Waals surface area contributed by atoms with Crippen LogP contribution in [0.15, 0.2) is 36.5 Å². The number of carboxylic acid groups (broad SMARTS) is 4. The van der Waals surface area contributed by atoms with E-state index >= 15 is 0 Å². The van der Waals surface area contributed by atoms with Gasteiger partial charge in [0, 0.05) is 16.7 Å². The Hall–Kier alpha value is -5.79. The number of rotatable bonds is 12. The second-order valence-electron chi connectivity index (χ2n) is 10.2. The van der Waals surface area contributed by atoms with Crippen molar-refractivity contribution >= 4 is 35.8 Å². The summed E-state index contributed by atoms with van der Waals surface area (Å²) in [6, 6.07) is 0. The Bertz CT molecular complexity index is 1710. The molecule has 0 aliphatic heterocycles. The predicted octanol–water partition coefficient (Wildman–Crippen LogP) is 5.68. The zero-order chi connectivity index (χ0) is 44.0. The maximum atomic E-state index is 13.4. The zero-order valence-corrected chi connectivity index (χ0v) is 26.3. The van der Waals surface area contributed by atoms with E-state index < -0.39 is 143 Å². The number of esters is 2. The van der Waals surface area contributed by atoms with Gasteiger partial charge in [0.15, 0.2) is 23.3 Å². The summed E-state index contributed by atoms with van der Waals surface area (Å²) in [4.78, 5) is 62.6. The lowest BCUT2D eigenvalue weighted by Crippen LogP contribution is -2.80. The summed E-state index contributed by atoms with van der Waals surface area (Å²) in [5.74, 6) is -55.0. The Morgan fingerprint density at radius 3 is 1.13 bits per heavy atom. The Morgan fingerprint density at radius 1 is 0.509 bits per heavy atom. The Labute approximate surface area is 293 Å². The fourth-order valence-corrected chi connectivity index (χ4v) is 3.30. The zero-order valence-electron chi connectivity index (χ0n) is 26.3. The SMILES string of the molecule is C=C(CC(=O)O)C(=O)O.C=C(CC(=O)O)C(=O)OC1C(F)(F)C(F)(F)C(F)(F)C(F)(F)C1(F)F.C=C(CC(=O)O)C(=O)OCc1c(F)c(F)c(F)c(F)c1F. The highest BCUT2D eigenvalue weighted by atomic mass is 19.4. The average Bonchev–Trinajstić information content (AvgIpc) is 3.03. The molecule has 308 valence electrons. The number of hydrogen-bond donors (Lipinski definition) is 4. The Balaban J connectivity index is 0.000000877. The molecule has 12 nitrogen and oxygen atoms in total. The van der Waals surface area contributed by atoms with E-state index in [1.165, 1.54) is 0 Å². The third kappa shape index (κ3) is 10.5. The minimum absolute atomic E-state index is 0.303. The van der Waals surface area contributed by atoms with Crippen molar-refractivity contribution in [1.29, 1.82) is 0 Å². The van der Waals surface area contributed by atoms with E-state index in [2.05, 4.69) is 29.2 Å². The van der Waals surface area contributed by atoms with Gasteiger partial charge in [-0.05, 0) is 0 Å². The molecule has 2 rings (SSSR count). The summed E-state index contributed by atoms with van der Waals surface area (Å²) in [6.45, 7) is 7.39. The highest BCUT2D eigenvalue weighted by Gasteiger charge is 2.96. The standard InChI is InChI=1S/C12H7F5O4.C11H6F10O4.C5H6O4/c1-4(2-6(18)19)12(20)21-3-5-7(13)9(15)11(17)10(16)8(5)14;1-3(2-4(22)23)5(24)25-6-7(12,13)9(16,17)11(20,21)10(18,19)8(6,14)15;1-3(5(8)9)2-4(6)7/h1-3H2,(H,18,19);6H,1-2H2,(H,22,23);1-2H2,(H,6,7)(H,8,9). The maximum Gasteiger partial charge on any atom is 0.384 e. The first-order chi connectivity index (χ1) is 24.6. The van der Waals surface area contributed by atoms with Crippen LogP contribution >= 0.6 is 0 Å². The molecule has 4 N–H and O–H groups in total. The van der Waals surface area contributed by atoms with Gasteiger partial charge in [-0.15, -0.1) is 0 Å². The summed E-state index contributed by atoms with van der Waals surface area (Å²) < 4.78 is 204. The Morgan fingerprint density at radius 2 is 0.818 bits per heavy atom.